The van der Waals surface area contributed by atoms with E-state index in [9.17, 15) is 5.11 Å². The average molecular weight is 176 g/mol. The summed E-state index contributed by atoms with van der Waals surface area (Å²) >= 11 is 0. The van der Waals surface area contributed by atoms with Crippen molar-refractivity contribution in [1.29, 1.82) is 0 Å². The van der Waals surface area contributed by atoms with E-state index in [2.05, 4.69) is 4.98 Å². The minimum Gasteiger partial charge on any atom is -0.393 e. The maximum atomic E-state index is 9.18. The molecule has 2 heterocycles. The number of pyridine rings is 1. The molecule has 2 aromatic rings. The van der Waals surface area contributed by atoms with Crippen LogP contribution in [0.2, 0.25) is 0 Å². The Bertz CT molecular complexity index is 373. The molecule has 0 aliphatic heterocycles. The molecule has 0 amide bonds. The van der Waals surface area contributed by atoms with E-state index in [1.165, 1.54) is 0 Å². The molecule has 0 spiro atoms. The molecule has 1 unspecified atom stereocenters. The Morgan fingerprint density at radius 1 is 1.54 bits per heavy atom. The maximum absolute atomic E-state index is 9.18. The minimum atomic E-state index is -0.329. The van der Waals surface area contributed by atoms with E-state index in [1.807, 2.05) is 35.0 Å². The quantitative estimate of drug-likeness (QED) is 0.748. The van der Waals surface area contributed by atoms with Crippen molar-refractivity contribution in [3.05, 3.63) is 36.3 Å². The van der Waals surface area contributed by atoms with Gasteiger partial charge in [-0.15, -0.1) is 0 Å². The maximum Gasteiger partial charge on any atom is 0.136 e. The molecule has 0 aliphatic rings. The van der Waals surface area contributed by atoms with Crippen molar-refractivity contribution >= 4 is 5.65 Å². The lowest BCUT2D eigenvalue weighted by Gasteiger charge is -1.97. The van der Waals surface area contributed by atoms with Gasteiger partial charge in [0.15, 0.2) is 0 Å². The van der Waals surface area contributed by atoms with Crippen LogP contribution in [0.5, 0.6) is 0 Å². The van der Waals surface area contributed by atoms with Crippen molar-refractivity contribution < 1.29 is 5.11 Å². The Kier molecular flexibility index (Phi) is 2.02. The first-order valence-corrected chi connectivity index (χ1v) is 4.36. The van der Waals surface area contributed by atoms with Crippen LogP contribution in [-0.4, -0.2) is 20.6 Å². The molecule has 0 radical (unpaired) electrons. The third-order valence-corrected chi connectivity index (χ3v) is 1.92. The van der Waals surface area contributed by atoms with Crippen molar-refractivity contribution in [3.63, 3.8) is 0 Å². The van der Waals surface area contributed by atoms with E-state index in [4.69, 9.17) is 0 Å². The largest absolute Gasteiger partial charge is 0.393 e. The van der Waals surface area contributed by atoms with Gasteiger partial charge in [0.1, 0.15) is 5.65 Å². The van der Waals surface area contributed by atoms with E-state index >= 15 is 0 Å². The predicted octanol–water partition coefficient (Wildman–Crippen LogP) is 1.26. The van der Waals surface area contributed by atoms with Gasteiger partial charge in [0.05, 0.1) is 11.8 Å². The van der Waals surface area contributed by atoms with Crippen LogP contribution < -0.4 is 0 Å². The first-order valence-electron chi connectivity index (χ1n) is 4.36. The predicted molar refractivity (Wildman–Crippen MR) is 50.6 cm³/mol. The van der Waals surface area contributed by atoms with Crippen molar-refractivity contribution in [2.45, 2.75) is 19.4 Å². The van der Waals surface area contributed by atoms with Gasteiger partial charge in [0, 0.05) is 18.8 Å². The fraction of sp³-hybridized carbons (Fsp3) is 0.300. The highest BCUT2D eigenvalue weighted by Crippen LogP contribution is 2.06. The van der Waals surface area contributed by atoms with Crippen LogP contribution in [0.1, 0.15) is 12.6 Å². The molecule has 0 aliphatic carbocycles. The summed E-state index contributed by atoms with van der Waals surface area (Å²) < 4.78 is 1.96. The molecule has 0 saturated heterocycles. The Morgan fingerprint density at radius 2 is 2.38 bits per heavy atom. The first kappa shape index (κ1) is 8.26. The summed E-state index contributed by atoms with van der Waals surface area (Å²) in [6.45, 7) is 1.77. The first-order chi connectivity index (χ1) is 6.25. The van der Waals surface area contributed by atoms with Gasteiger partial charge < -0.3 is 9.51 Å². The van der Waals surface area contributed by atoms with Gasteiger partial charge >= 0.3 is 0 Å². The molecule has 3 nitrogen and oxygen atoms in total. The Labute approximate surface area is 76.7 Å². The molecular formula is C10H12N2O. The number of fused-ring (bicyclic) bond motifs is 1. The number of hydrogen-bond donors (Lipinski definition) is 1. The number of aliphatic hydroxyl groups is 1. The number of hydrogen-bond acceptors (Lipinski definition) is 2. The van der Waals surface area contributed by atoms with Crippen LogP contribution in [0.4, 0.5) is 0 Å². The lowest BCUT2D eigenvalue weighted by molar-refractivity contribution is 0.194. The molecule has 3 heteroatoms. The zero-order valence-corrected chi connectivity index (χ0v) is 7.51. The highest BCUT2D eigenvalue weighted by atomic mass is 16.3. The lowest BCUT2D eigenvalue weighted by atomic mass is 10.2. The third-order valence-electron chi connectivity index (χ3n) is 1.92. The fourth-order valence-corrected chi connectivity index (χ4v) is 1.39. The van der Waals surface area contributed by atoms with E-state index in [0.29, 0.717) is 6.42 Å². The van der Waals surface area contributed by atoms with Crippen molar-refractivity contribution in [3.8, 4) is 0 Å². The summed E-state index contributed by atoms with van der Waals surface area (Å²) in [7, 11) is 0. The number of nitrogens with zero attached hydrogens (tertiary/aromatic N) is 2. The SMILES string of the molecule is CC(O)Cc1cn2ccccc2n1. The summed E-state index contributed by atoms with van der Waals surface area (Å²) in [5.74, 6) is 0. The number of rotatable bonds is 2. The van der Waals surface area contributed by atoms with Gasteiger partial charge in [-0.1, -0.05) is 6.07 Å². The number of aliphatic hydroxyl groups excluding tert-OH is 1. The second-order valence-corrected chi connectivity index (χ2v) is 3.25. The molecular weight excluding hydrogens is 164 g/mol. The van der Waals surface area contributed by atoms with E-state index in [1.54, 1.807) is 6.92 Å². The molecule has 2 aromatic heterocycles. The van der Waals surface area contributed by atoms with Crippen LogP contribution in [0.25, 0.3) is 5.65 Å². The monoisotopic (exact) mass is 176 g/mol. The van der Waals surface area contributed by atoms with E-state index in [-0.39, 0.29) is 6.10 Å². The van der Waals surface area contributed by atoms with Crippen LogP contribution in [0.15, 0.2) is 30.6 Å². The number of imidazole rings is 1. The second kappa shape index (κ2) is 3.18. The van der Waals surface area contributed by atoms with Gasteiger partial charge in [-0.05, 0) is 19.1 Å². The highest BCUT2D eigenvalue weighted by Gasteiger charge is 2.03. The van der Waals surface area contributed by atoms with Gasteiger partial charge in [0.25, 0.3) is 0 Å². The summed E-state index contributed by atoms with van der Waals surface area (Å²) in [5, 5.41) is 9.18. The second-order valence-electron chi connectivity index (χ2n) is 3.25. The summed E-state index contributed by atoms with van der Waals surface area (Å²) in [5.41, 5.74) is 1.86. The molecule has 68 valence electrons. The lowest BCUT2D eigenvalue weighted by Crippen LogP contribution is -2.03. The molecule has 0 fully saturated rings. The Morgan fingerprint density at radius 3 is 3.08 bits per heavy atom. The van der Waals surface area contributed by atoms with E-state index < -0.39 is 0 Å². The molecule has 0 saturated carbocycles. The average Bonchev–Trinajstić information content (AvgIpc) is 2.44. The highest BCUT2D eigenvalue weighted by molar-refractivity contribution is 5.39. The Hall–Kier alpha value is -1.35. The molecule has 1 atom stereocenters. The topological polar surface area (TPSA) is 37.5 Å². The van der Waals surface area contributed by atoms with Crippen molar-refractivity contribution in [1.82, 2.24) is 9.38 Å². The smallest absolute Gasteiger partial charge is 0.136 e. The molecule has 0 bridgehead atoms. The van der Waals surface area contributed by atoms with E-state index in [0.717, 1.165) is 11.3 Å². The van der Waals surface area contributed by atoms with Gasteiger partial charge in [-0.3, -0.25) is 0 Å². The summed E-state index contributed by atoms with van der Waals surface area (Å²) in [4.78, 5) is 4.36. The fourth-order valence-electron chi connectivity index (χ4n) is 1.39. The zero-order chi connectivity index (χ0) is 9.26. The molecule has 13 heavy (non-hydrogen) atoms. The van der Waals surface area contributed by atoms with Crippen molar-refractivity contribution in [2.24, 2.45) is 0 Å². The molecule has 0 aromatic carbocycles. The van der Waals surface area contributed by atoms with Crippen molar-refractivity contribution in [2.75, 3.05) is 0 Å². The van der Waals surface area contributed by atoms with Gasteiger partial charge in [0.2, 0.25) is 0 Å². The van der Waals surface area contributed by atoms with Crippen LogP contribution in [0, 0.1) is 0 Å². The van der Waals surface area contributed by atoms with Crippen LogP contribution in [0.3, 0.4) is 0 Å². The van der Waals surface area contributed by atoms with Gasteiger partial charge in [-0.2, -0.15) is 0 Å². The third kappa shape index (κ3) is 1.70. The van der Waals surface area contributed by atoms with Gasteiger partial charge in [-0.25, -0.2) is 4.98 Å². The molecule has 2 rings (SSSR count). The zero-order valence-electron chi connectivity index (χ0n) is 7.51. The Balaban J connectivity index is 2.38. The van der Waals surface area contributed by atoms with Crippen LogP contribution in [-0.2, 0) is 6.42 Å². The summed E-state index contributed by atoms with van der Waals surface area (Å²) in [6.07, 6.45) is 4.18. The minimum absolute atomic E-state index is 0.329. The normalized spacial score (nSPS) is 13.4. The standard InChI is InChI=1S/C10H12N2O/c1-8(13)6-9-7-12-5-3-2-4-10(12)11-9/h2-5,7-8,13H,6H2,1H3. The van der Waals surface area contributed by atoms with Crippen LogP contribution >= 0.6 is 0 Å². The summed E-state index contributed by atoms with van der Waals surface area (Å²) in [6, 6.07) is 5.86. The number of aromatic nitrogens is 2. The molecule has 1 N–H and O–H groups in total.